The predicted octanol–water partition coefficient (Wildman–Crippen LogP) is 1.13. The molecular weight excluding hydrogens is 100 g/mol. The lowest BCUT2D eigenvalue weighted by atomic mass is 10.3. The van der Waals surface area contributed by atoms with E-state index < -0.39 is 0 Å². The minimum atomic E-state index is 0.852. The average molecular weight is 114 g/mol. The van der Waals surface area contributed by atoms with Gasteiger partial charge in [0, 0.05) is 10.2 Å². The molecule has 0 saturated carbocycles. The fraction of sp³-hybridized carbons (Fsp3) is 0.667. The van der Waals surface area contributed by atoms with Crippen LogP contribution in [0.5, 0.6) is 0 Å². The van der Waals surface area contributed by atoms with Crippen molar-refractivity contribution in [3.8, 4) is 0 Å². The van der Waals surface area contributed by atoms with Crippen LogP contribution in [0.3, 0.4) is 0 Å². The standard InChI is InChI=1S/C6H14Si/c1-5(2)4-6(3)7/h4,6H,1-3,7H3. The molecule has 7 heavy (non-hydrogen) atoms. The second kappa shape index (κ2) is 3.02. The van der Waals surface area contributed by atoms with Crippen molar-refractivity contribution in [2.24, 2.45) is 0 Å². The maximum Gasteiger partial charge on any atom is 0.0111 e. The van der Waals surface area contributed by atoms with Gasteiger partial charge in [0.25, 0.3) is 0 Å². The smallest absolute Gasteiger partial charge is 0.0111 e. The van der Waals surface area contributed by atoms with E-state index in [1.165, 1.54) is 15.8 Å². The van der Waals surface area contributed by atoms with Crippen molar-refractivity contribution < 1.29 is 0 Å². The molecule has 0 aromatic carbocycles. The predicted molar refractivity (Wildman–Crippen MR) is 38.8 cm³/mol. The molecular formula is C6H14Si. The maximum atomic E-state index is 2.31. The van der Waals surface area contributed by atoms with Gasteiger partial charge >= 0.3 is 0 Å². The minimum Gasteiger partial charge on any atom is -0.0867 e. The molecule has 0 aliphatic rings. The van der Waals surface area contributed by atoms with E-state index in [9.17, 15) is 0 Å². The Morgan fingerprint density at radius 3 is 2.00 bits per heavy atom. The van der Waals surface area contributed by atoms with E-state index in [1.54, 1.807) is 0 Å². The molecule has 0 aliphatic carbocycles. The third kappa shape index (κ3) is 5.96. The largest absolute Gasteiger partial charge is 0.0867 e. The number of allylic oxidation sites excluding steroid dienone is 2. The zero-order valence-electron chi connectivity index (χ0n) is 5.65. The molecule has 1 heteroatoms. The second-order valence-electron chi connectivity index (χ2n) is 2.49. The van der Waals surface area contributed by atoms with Gasteiger partial charge in [-0.1, -0.05) is 18.6 Å². The van der Waals surface area contributed by atoms with Crippen LogP contribution in [0.2, 0.25) is 5.54 Å². The monoisotopic (exact) mass is 114 g/mol. The summed E-state index contributed by atoms with van der Waals surface area (Å²) in [5.74, 6) is 0. The van der Waals surface area contributed by atoms with E-state index in [0.29, 0.717) is 0 Å². The van der Waals surface area contributed by atoms with Gasteiger partial charge in [0.1, 0.15) is 0 Å². The molecule has 0 heterocycles. The zero-order valence-corrected chi connectivity index (χ0v) is 7.65. The van der Waals surface area contributed by atoms with E-state index in [4.69, 9.17) is 0 Å². The van der Waals surface area contributed by atoms with Crippen LogP contribution in [-0.4, -0.2) is 10.2 Å². The first-order valence-corrected chi connectivity index (χ1v) is 3.93. The van der Waals surface area contributed by atoms with E-state index in [2.05, 4.69) is 26.8 Å². The number of rotatable bonds is 1. The van der Waals surface area contributed by atoms with Gasteiger partial charge in [-0.3, -0.25) is 0 Å². The summed E-state index contributed by atoms with van der Waals surface area (Å²) in [6.07, 6.45) is 2.31. The van der Waals surface area contributed by atoms with Gasteiger partial charge in [-0.25, -0.2) is 0 Å². The topological polar surface area (TPSA) is 0 Å². The SMILES string of the molecule is CC(C)=CC(C)[SiH3]. The third-order valence-electron chi connectivity index (χ3n) is 0.667. The second-order valence-corrected chi connectivity index (χ2v) is 4.31. The quantitative estimate of drug-likeness (QED) is 0.354. The summed E-state index contributed by atoms with van der Waals surface area (Å²) in [6.45, 7) is 6.54. The van der Waals surface area contributed by atoms with Crippen LogP contribution in [0.25, 0.3) is 0 Å². The average Bonchev–Trinajstić information content (AvgIpc) is 1.27. The highest BCUT2D eigenvalue weighted by molar-refractivity contribution is 6.12. The Balaban J connectivity index is 3.45. The van der Waals surface area contributed by atoms with Crippen molar-refractivity contribution in [2.45, 2.75) is 26.3 Å². The summed E-state index contributed by atoms with van der Waals surface area (Å²) in [6, 6.07) is 0. The molecule has 0 spiro atoms. The summed E-state index contributed by atoms with van der Waals surface area (Å²) in [5.41, 5.74) is 2.30. The Morgan fingerprint density at radius 2 is 2.00 bits per heavy atom. The van der Waals surface area contributed by atoms with Crippen molar-refractivity contribution in [1.82, 2.24) is 0 Å². The fourth-order valence-electron chi connectivity index (χ4n) is 0.667. The van der Waals surface area contributed by atoms with E-state index in [-0.39, 0.29) is 0 Å². The molecule has 0 fully saturated rings. The molecule has 1 atom stereocenters. The molecule has 0 rings (SSSR count). The maximum absolute atomic E-state index is 2.31. The summed E-state index contributed by atoms with van der Waals surface area (Å²) in [4.78, 5) is 0. The molecule has 0 nitrogen and oxygen atoms in total. The molecule has 0 aliphatic heterocycles. The normalized spacial score (nSPS) is 13.6. The molecule has 0 radical (unpaired) electrons. The molecule has 0 saturated heterocycles. The lowest BCUT2D eigenvalue weighted by molar-refractivity contribution is 1.16. The molecule has 0 aromatic rings. The van der Waals surface area contributed by atoms with Gasteiger partial charge in [-0.2, -0.15) is 0 Å². The van der Waals surface area contributed by atoms with E-state index in [1.807, 2.05) is 0 Å². The highest BCUT2D eigenvalue weighted by atomic mass is 28.1. The lowest BCUT2D eigenvalue weighted by Crippen LogP contribution is -1.77. The number of hydrogen-bond donors (Lipinski definition) is 0. The number of hydrogen-bond acceptors (Lipinski definition) is 0. The summed E-state index contributed by atoms with van der Waals surface area (Å²) in [7, 11) is 1.29. The van der Waals surface area contributed by atoms with Gasteiger partial charge < -0.3 is 0 Å². The van der Waals surface area contributed by atoms with Gasteiger partial charge in [0.05, 0.1) is 0 Å². The van der Waals surface area contributed by atoms with Crippen molar-refractivity contribution in [3.63, 3.8) is 0 Å². The van der Waals surface area contributed by atoms with Crippen LogP contribution in [0.4, 0.5) is 0 Å². The molecule has 1 unspecified atom stereocenters. The van der Waals surface area contributed by atoms with Crippen molar-refractivity contribution in [1.29, 1.82) is 0 Å². The Labute approximate surface area is 49.0 Å². The van der Waals surface area contributed by atoms with Crippen LogP contribution in [0.15, 0.2) is 11.6 Å². The first-order chi connectivity index (χ1) is 3.13. The Morgan fingerprint density at radius 1 is 1.57 bits per heavy atom. The molecule has 0 N–H and O–H groups in total. The molecule has 42 valence electrons. The highest BCUT2D eigenvalue weighted by Crippen LogP contribution is 2.01. The van der Waals surface area contributed by atoms with Gasteiger partial charge in [0.2, 0.25) is 0 Å². The first kappa shape index (κ1) is 6.96. The van der Waals surface area contributed by atoms with Crippen LogP contribution < -0.4 is 0 Å². The molecule has 0 amide bonds. The first-order valence-electron chi connectivity index (χ1n) is 2.78. The van der Waals surface area contributed by atoms with Crippen LogP contribution in [0, 0.1) is 0 Å². The van der Waals surface area contributed by atoms with E-state index in [0.717, 1.165) is 5.54 Å². The van der Waals surface area contributed by atoms with Gasteiger partial charge in [0.15, 0.2) is 0 Å². The van der Waals surface area contributed by atoms with Crippen molar-refractivity contribution in [2.75, 3.05) is 0 Å². The highest BCUT2D eigenvalue weighted by Gasteiger charge is 1.82. The molecule has 0 aromatic heterocycles. The van der Waals surface area contributed by atoms with Crippen LogP contribution in [-0.2, 0) is 0 Å². The van der Waals surface area contributed by atoms with Crippen molar-refractivity contribution >= 4 is 10.2 Å². The Hall–Kier alpha value is -0.0431. The minimum absolute atomic E-state index is 0.852. The van der Waals surface area contributed by atoms with Crippen molar-refractivity contribution in [3.05, 3.63) is 11.6 Å². The Bertz CT molecular complexity index is 68.2. The zero-order chi connectivity index (χ0) is 5.86. The van der Waals surface area contributed by atoms with Gasteiger partial charge in [-0.15, -0.1) is 0 Å². The lowest BCUT2D eigenvalue weighted by Gasteiger charge is -1.92. The fourth-order valence-corrected chi connectivity index (χ4v) is 1.33. The van der Waals surface area contributed by atoms with Gasteiger partial charge in [-0.05, 0) is 19.4 Å². The van der Waals surface area contributed by atoms with Crippen LogP contribution >= 0.6 is 0 Å². The summed E-state index contributed by atoms with van der Waals surface area (Å²) >= 11 is 0. The Kier molecular flexibility index (Phi) is 3.01. The third-order valence-corrected chi connectivity index (χ3v) is 1.00. The van der Waals surface area contributed by atoms with E-state index >= 15 is 0 Å². The summed E-state index contributed by atoms with van der Waals surface area (Å²) < 4.78 is 0. The van der Waals surface area contributed by atoms with Crippen LogP contribution in [0.1, 0.15) is 20.8 Å². The summed E-state index contributed by atoms with van der Waals surface area (Å²) in [5, 5.41) is 0. The molecule has 0 bridgehead atoms.